The highest BCUT2D eigenvalue weighted by atomic mass is 19.1. The number of hydrogen-bond donors (Lipinski definition) is 1. The average Bonchev–Trinajstić information content (AvgIpc) is 3.00. The van der Waals surface area contributed by atoms with Crippen LogP contribution in [-0.2, 0) is 18.2 Å². The molecule has 2 aromatic heterocycles. The lowest BCUT2D eigenvalue weighted by molar-refractivity contribution is -0.0305. The maximum absolute atomic E-state index is 14.2. The second-order valence-corrected chi connectivity index (χ2v) is 5.81. The molecule has 6 nitrogen and oxygen atoms in total. The van der Waals surface area contributed by atoms with E-state index >= 15 is 0 Å². The van der Waals surface area contributed by atoms with Gasteiger partial charge in [0.2, 0.25) is 0 Å². The fourth-order valence-corrected chi connectivity index (χ4v) is 2.99. The Morgan fingerprint density at radius 3 is 3.00 bits per heavy atom. The molecule has 0 unspecified atom stereocenters. The minimum Gasteiger partial charge on any atom is -0.370 e. The third-order valence-corrected chi connectivity index (χ3v) is 4.29. The van der Waals surface area contributed by atoms with Gasteiger partial charge in [0.15, 0.2) is 11.6 Å². The summed E-state index contributed by atoms with van der Waals surface area (Å²) in [5, 5.41) is 3.13. The average molecular weight is 319 g/mol. The number of imidazole rings is 1. The molecule has 3 heterocycles. The summed E-state index contributed by atoms with van der Waals surface area (Å²) < 4.78 is 22.1. The van der Waals surface area contributed by atoms with E-state index < -0.39 is 0 Å². The Morgan fingerprint density at radius 1 is 1.39 bits per heavy atom. The highest BCUT2D eigenvalue weighted by Crippen LogP contribution is 2.32. The van der Waals surface area contributed by atoms with Crippen LogP contribution in [0.25, 0.3) is 0 Å². The zero-order valence-corrected chi connectivity index (χ0v) is 13.5. The molecule has 2 aromatic rings. The Hall–Kier alpha value is -2.02. The molecular weight excluding hydrogens is 297 g/mol. The molecule has 2 atom stereocenters. The van der Waals surface area contributed by atoms with Gasteiger partial charge in [-0.05, 0) is 19.3 Å². The van der Waals surface area contributed by atoms with Crippen LogP contribution in [-0.4, -0.2) is 32.7 Å². The van der Waals surface area contributed by atoms with Crippen LogP contribution in [0.4, 0.5) is 10.2 Å². The van der Waals surface area contributed by atoms with Crippen LogP contribution in [0.5, 0.6) is 0 Å². The number of halogens is 1. The normalized spacial score (nSPS) is 21.3. The number of aromatic nitrogens is 4. The second kappa shape index (κ2) is 7.04. The fraction of sp³-hybridized carbons (Fsp3) is 0.562. The summed E-state index contributed by atoms with van der Waals surface area (Å²) in [5.41, 5.74) is 0.433. The predicted molar refractivity (Wildman–Crippen MR) is 84.5 cm³/mol. The minimum absolute atomic E-state index is 0.0770. The van der Waals surface area contributed by atoms with Gasteiger partial charge in [0.25, 0.3) is 0 Å². The van der Waals surface area contributed by atoms with Gasteiger partial charge in [0.1, 0.15) is 18.3 Å². The van der Waals surface area contributed by atoms with Crippen molar-refractivity contribution in [1.82, 2.24) is 19.5 Å². The standard InChI is InChI=1S/C16H22FN5O/c1-3-12-13(17)15(21-10-20-12)19-9-11-5-4-8-23-14(11)16-18-6-7-22(16)2/h6-7,10-11,14H,3-5,8-9H2,1-2H3,(H,19,20,21)/t11-,14+/m0/s1. The molecule has 1 fully saturated rings. The van der Waals surface area contributed by atoms with Crippen molar-refractivity contribution in [3.05, 3.63) is 36.1 Å². The van der Waals surface area contributed by atoms with Gasteiger partial charge in [-0.3, -0.25) is 0 Å². The summed E-state index contributed by atoms with van der Waals surface area (Å²) in [7, 11) is 1.96. The van der Waals surface area contributed by atoms with E-state index in [0.717, 1.165) is 25.3 Å². The molecule has 1 saturated heterocycles. The molecule has 3 rings (SSSR count). The molecule has 0 aliphatic carbocycles. The van der Waals surface area contributed by atoms with Crippen LogP contribution < -0.4 is 5.32 Å². The lowest BCUT2D eigenvalue weighted by Gasteiger charge is -2.31. The smallest absolute Gasteiger partial charge is 0.186 e. The zero-order chi connectivity index (χ0) is 16.2. The van der Waals surface area contributed by atoms with Gasteiger partial charge in [0.05, 0.1) is 5.69 Å². The molecule has 0 radical (unpaired) electrons. The topological polar surface area (TPSA) is 64.9 Å². The molecule has 1 aliphatic heterocycles. The van der Waals surface area contributed by atoms with Crippen LogP contribution in [0.15, 0.2) is 18.7 Å². The Labute approximate surface area is 135 Å². The summed E-state index contributed by atoms with van der Waals surface area (Å²) in [5.74, 6) is 1.04. The van der Waals surface area contributed by atoms with Crippen LogP contribution >= 0.6 is 0 Å². The maximum atomic E-state index is 14.2. The Morgan fingerprint density at radius 2 is 2.26 bits per heavy atom. The molecule has 23 heavy (non-hydrogen) atoms. The Balaban J connectivity index is 1.72. The molecule has 0 saturated carbocycles. The van der Waals surface area contributed by atoms with E-state index in [0.29, 0.717) is 18.7 Å². The summed E-state index contributed by atoms with van der Waals surface area (Å²) in [6, 6.07) is 0. The van der Waals surface area contributed by atoms with E-state index in [4.69, 9.17) is 4.74 Å². The molecule has 1 N–H and O–H groups in total. The fourth-order valence-electron chi connectivity index (χ4n) is 2.99. The molecule has 7 heteroatoms. The molecule has 0 spiro atoms. The van der Waals surface area contributed by atoms with Gasteiger partial charge in [-0.2, -0.15) is 0 Å². The summed E-state index contributed by atoms with van der Waals surface area (Å²) >= 11 is 0. The summed E-state index contributed by atoms with van der Waals surface area (Å²) in [4.78, 5) is 12.4. The molecule has 0 bridgehead atoms. The van der Waals surface area contributed by atoms with Crippen molar-refractivity contribution >= 4 is 5.82 Å². The SMILES string of the molecule is CCc1ncnc(NC[C@@H]2CCCO[C@H]2c2nccn2C)c1F. The predicted octanol–water partition coefficient (Wildman–Crippen LogP) is 2.49. The lowest BCUT2D eigenvalue weighted by atomic mass is 9.93. The van der Waals surface area contributed by atoms with Gasteiger partial charge in [-0.1, -0.05) is 6.92 Å². The number of rotatable bonds is 5. The molecular formula is C16H22FN5O. The van der Waals surface area contributed by atoms with Gasteiger partial charge in [0, 0.05) is 38.5 Å². The van der Waals surface area contributed by atoms with Gasteiger partial charge >= 0.3 is 0 Å². The minimum atomic E-state index is -0.361. The first-order valence-corrected chi connectivity index (χ1v) is 8.02. The van der Waals surface area contributed by atoms with Gasteiger partial charge in [-0.25, -0.2) is 19.3 Å². The highest BCUT2D eigenvalue weighted by molar-refractivity contribution is 5.37. The van der Waals surface area contributed by atoms with E-state index in [1.165, 1.54) is 6.33 Å². The van der Waals surface area contributed by atoms with Crippen LogP contribution in [0.1, 0.15) is 37.4 Å². The van der Waals surface area contributed by atoms with Gasteiger partial charge < -0.3 is 14.6 Å². The largest absolute Gasteiger partial charge is 0.370 e. The quantitative estimate of drug-likeness (QED) is 0.917. The van der Waals surface area contributed by atoms with E-state index in [2.05, 4.69) is 20.3 Å². The molecule has 0 amide bonds. The lowest BCUT2D eigenvalue weighted by Crippen LogP contribution is -2.30. The van der Waals surface area contributed by atoms with Crippen molar-refractivity contribution in [2.24, 2.45) is 13.0 Å². The van der Waals surface area contributed by atoms with E-state index in [9.17, 15) is 4.39 Å². The number of ether oxygens (including phenoxy) is 1. The van der Waals surface area contributed by atoms with E-state index in [-0.39, 0.29) is 23.7 Å². The van der Waals surface area contributed by atoms with Crippen molar-refractivity contribution in [2.75, 3.05) is 18.5 Å². The Bertz CT molecular complexity index is 660. The van der Waals surface area contributed by atoms with Crippen molar-refractivity contribution in [3.8, 4) is 0 Å². The number of aryl methyl sites for hydroxylation is 2. The zero-order valence-electron chi connectivity index (χ0n) is 13.5. The third kappa shape index (κ3) is 3.34. The molecule has 1 aliphatic rings. The molecule has 0 aromatic carbocycles. The first-order chi connectivity index (χ1) is 11.2. The van der Waals surface area contributed by atoms with Crippen molar-refractivity contribution in [1.29, 1.82) is 0 Å². The number of anilines is 1. The second-order valence-electron chi connectivity index (χ2n) is 5.81. The summed E-state index contributed by atoms with van der Waals surface area (Å²) in [6.45, 7) is 3.20. The third-order valence-electron chi connectivity index (χ3n) is 4.29. The van der Waals surface area contributed by atoms with Crippen molar-refractivity contribution < 1.29 is 9.13 Å². The first kappa shape index (κ1) is 15.9. The number of nitrogens with one attached hydrogen (secondary N) is 1. The van der Waals surface area contributed by atoms with Crippen molar-refractivity contribution in [2.45, 2.75) is 32.3 Å². The number of nitrogens with zero attached hydrogens (tertiary/aromatic N) is 4. The monoisotopic (exact) mass is 319 g/mol. The van der Waals surface area contributed by atoms with Crippen LogP contribution in [0, 0.1) is 11.7 Å². The highest BCUT2D eigenvalue weighted by Gasteiger charge is 2.30. The van der Waals surface area contributed by atoms with Gasteiger partial charge in [-0.15, -0.1) is 0 Å². The Kier molecular flexibility index (Phi) is 4.85. The van der Waals surface area contributed by atoms with E-state index in [1.54, 1.807) is 6.20 Å². The van der Waals surface area contributed by atoms with E-state index in [1.807, 2.05) is 24.7 Å². The summed E-state index contributed by atoms with van der Waals surface area (Å²) in [6.07, 6.45) is 7.57. The molecule has 124 valence electrons. The first-order valence-electron chi connectivity index (χ1n) is 8.02. The van der Waals surface area contributed by atoms with Crippen LogP contribution in [0.2, 0.25) is 0 Å². The van der Waals surface area contributed by atoms with Crippen LogP contribution in [0.3, 0.4) is 0 Å². The number of hydrogen-bond acceptors (Lipinski definition) is 5. The van der Waals surface area contributed by atoms with Crippen molar-refractivity contribution in [3.63, 3.8) is 0 Å². The maximum Gasteiger partial charge on any atom is 0.186 e.